The Kier molecular flexibility index (Phi) is 16.8. The average Bonchev–Trinajstić information content (AvgIpc) is 1.58. The third-order valence-electron chi connectivity index (χ3n) is 23.1. The van der Waals surface area contributed by atoms with Crippen LogP contribution in [-0.2, 0) is 21.7 Å². The summed E-state index contributed by atoms with van der Waals surface area (Å²) in [5.74, 6) is 0. The minimum absolute atomic E-state index is 0.0608. The Morgan fingerprint density at radius 1 is 0.224 bits per heavy atom. The molecular formula is C104H79ClN2. The first-order valence-electron chi connectivity index (χ1n) is 37.2. The van der Waals surface area contributed by atoms with E-state index in [9.17, 15) is 0 Å². The van der Waals surface area contributed by atoms with Crippen LogP contribution >= 0.6 is 11.6 Å². The molecule has 0 aliphatic heterocycles. The molecule has 512 valence electrons. The fourth-order valence-electron chi connectivity index (χ4n) is 18.2. The van der Waals surface area contributed by atoms with E-state index in [1.807, 2.05) is 18.2 Å². The first-order valence-corrected chi connectivity index (χ1v) is 37.6. The van der Waals surface area contributed by atoms with Crippen molar-refractivity contribution in [3.63, 3.8) is 0 Å². The van der Waals surface area contributed by atoms with E-state index in [0.29, 0.717) is 0 Å². The minimum atomic E-state index is -0.466. The van der Waals surface area contributed by atoms with Crippen molar-refractivity contribution < 1.29 is 0 Å². The van der Waals surface area contributed by atoms with Crippen LogP contribution in [-0.4, -0.2) is 0 Å². The lowest BCUT2D eigenvalue weighted by atomic mass is 9.55. The van der Waals surface area contributed by atoms with E-state index in [1.165, 1.54) is 134 Å². The molecule has 0 unspecified atom stereocenters. The molecule has 0 heterocycles. The second-order valence-corrected chi connectivity index (χ2v) is 30.0. The van der Waals surface area contributed by atoms with Gasteiger partial charge in [-0.1, -0.05) is 379 Å². The normalized spacial score (nSPS) is 14.0. The highest BCUT2D eigenvalue weighted by atomic mass is 35.5. The lowest BCUT2D eigenvalue weighted by molar-refractivity contribution is 0.563. The molecule has 0 saturated carbocycles. The lowest BCUT2D eigenvalue weighted by Crippen LogP contribution is -2.40. The Labute approximate surface area is 634 Å². The van der Waals surface area contributed by atoms with Gasteiger partial charge in [-0.15, -0.1) is 0 Å². The lowest BCUT2D eigenvalue weighted by Gasteiger charge is -2.46. The maximum atomic E-state index is 6.58. The monoisotopic (exact) mass is 1390 g/mol. The van der Waals surface area contributed by atoms with E-state index in [4.69, 9.17) is 11.6 Å². The van der Waals surface area contributed by atoms with Crippen molar-refractivity contribution in [3.05, 3.63) is 472 Å². The highest BCUT2D eigenvalue weighted by molar-refractivity contribution is 6.30. The van der Waals surface area contributed by atoms with Gasteiger partial charge in [0.15, 0.2) is 0 Å². The van der Waals surface area contributed by atoms with Gasteiger partial charge in [-0.05, 0) is 183 Å². The minimum Gasteiger partial charge on any atom is -0.355 e. The Balaban J connectivity index is 0.000000126. The zero-order valence-electron chi connectivity index (χ0n) is 60.4. The summed E-state index contributed by atoms with van der Waals surface area (Å²) in [6, 6.07) is 145. The van der Waals surface area contributed by atoms with E-state index in [-0.39, 0.29) is 16.2 Å². The number of rotatable bonds is 9. The van der Waals surface area contributed by atoms with E-state index in [1.54, 1.807) is 0 Å². The molecule has 0 saturated heterocycles. The molecule has 2 spiro atoms. The van der Waals surface area contributed by atoms with Crippen LogP contribution in [0.5, 0.6) is 0 Å². The van der Waals surface area contributed by atoms with Crippen molar-refractivity contribution in [2.75, 3.05) is 10.2 Å². The molecule has 0 aromatic heterocycles. The van der Waals surface area contributed by atoms with Gasteiger partial charge in [-0.25, -0.2) is 0 Å². The van der Waals surface area contributed by atoms with Crippen molar-refractivity contribution in [1.82, 2.24) is 0 Å². The quantitative estimate of drug-likeness (QED) is 0.155. The van der Waals surface area contributed by atoms with Gasteiger partial charge in [0.1, 0.15) is 0 Å². The van der Waals surface area contributed by atoms with Gasteiger partial charge in [0.25, 0.3) is 0 Å². The molecule has 4 aliphatic rings. The number of anilines is 5. The van der Waals surface area contributed by atoms with Crippen LogP contribution < -0.4 is 10.2 Å². The Morgan fingerprint density at radius 3 is 0.991 bits per heavy atom. The number of nitrogens with one attached hydrogen (secondary N) is 1. The molecule has 3 heteroatoms. The third-order valence-corrected chi connectivity index (χ3v) is 23.3. The first kappa shape index (κ1) is 66.4. The number of fused-ring (bicyclic) bond motifs is 18. The first-order chi connectivity index (χ1) is 52.5. The molecule has 0 bridgehead atoms. The summed E-state index contributed by atoms with van der Waals surface area (Å²) in [4.78, 5) is 2.46. The molecule has 16 aromatic rings. The highest BCUT2D eigenvalue weighted by Crippen LogP contribution is 2.65. The van der Waals surface area contributed by atoms with Crippen LogP contribution in [0.25, 0.3) is 66.8 Å². The number of halogens is 1. The molecule has 0 atom stereocenters. The van der Waals surface area contributed by atoms with Gasteiger partial charge in [0.05, 0.1) is 16.5 Å². The summed E-state index contributed by atoms with van der Waals surface area (Å²) in [6.07, 6.45) is 0. The van der Waals surface area contributed by atoms with E-state index in [0.717, 1.165) is 33.5 Å². The van der Waals surface area contributed by atoms with Crippen molar-refractivity contribution in [1.29, 1.82) is 0 Å². The number of benzene rings is 16. The third kappa shape index (κ3) is 11.1. The maximum Gasteiger partial charge on any atom is 0.0720 e. The molecule has 16 aromatic carbocycles. The topological polar surface area (TPSA) is 15.3 Å². The van der Waals surface area contributed by atoms with E-state index in [2.05, 4.69) is 420 Å². The van der Waals surface area contributed by atoms with Gasteiger partial charge in [0.2, 0.25) is 0 Å². The Bertz CT molecular complexity index is 5880. The van der Waals surface area contributed by atoms with Gasteiger partial charge in [-0.3, -0.25) is 0 Å². The zero-order valence-corrected chi connectivity index (χ0v) is 61.2. The summed E-state index contributed by atoms with van der Waals surface area (Å²) >= 11 is 6.58. The Hall–Kier alpha value is -12.6. The summed E-state index contributed by atoms with van der Waals surface area (Å²) in [6.45, 7) is 9.46. The predicted molar refractivity (Wildman–Crippen MR) is 449 cm³/mol. The van der Waals surface area contributed by atoms with Crippen LogP contribution in [0, 0.1) is 0 Å². The molecule has 0 radical (unpaired) electrons. The summed E-state index contributed by atoms with van der Waals surface area (Å²) < 4.78 is 0. The van der Waals surface area contributed by atoms with Crippen LogP contribution in [0.3, 0.4) is 0 Å². The van der Waals surface area contributed by atoms with Crippen molar-refractivity contribution in [3.8, 4) is 66.8 Å². The van der Waals surface area contributed by atoms with E-state index < -0.39 is 5.41 Å². The number of para-hydroxylation sites is 2. The van der Waals surface area contributed by atoms with Gasteiger partial charge < -0.3 is 10.2 Å². The summed E-state index contributed by atoms with van der Waals surface area (Å²) in [5.41, 5.74) is 35.8. The van der Waals surface area contributed by atoms with Crippen LogP contribution in [0.2, 0.25) is 5.02 Å². The van der Waals surface area contributed by atoms with Gasteiger partial charge in [0, 0.05) is 49.7 Å². The average molecular weight is 1390 g/mol. The zero-order chi connectivity index (χ0) is 72.3. The molecule has 107 heavy (non-hydrogen) atoms. The number of hydrogen-bond acceptors (Lipinski definition) is 2. The molecule has 2 nitrogen and oxygen atoms in total. The second kappa shape index (κ2) is 27.1. The summed E-state index contributed by atoms with van der Waals surface area (Å²) in [7, 11) is 0. The molecule has 0 amide bonds. The highest BCUT2D eigenvalue weighted by Gasteiger charge is 2.55. The van der Waals surface area contributed by atoms with Crippen LogP contribution in [0.4, 0.5) is 28.4 Å². The maximum absolute atomic E-state index is 6.58. The van der Waals surface area contributed by atoms with Gasteiger partial charge in [-0.2, -0.15) is 0 Å². The van der Waals surface area contributed by atoms with Gasteiger partial charge >= 0.3 is 0 Å². The predicted octanol–water partition coefficient (Wildman–Crippen LogP) is 27.6. The van der Waals surface area contributed by atoms with Crippen LogP contribution in [0.15, 0.2) is 400 Å². The van der Waals surface area contributed by atoms with Crippen molar-refractivity contribution >= 4 is 40.0 Å². The SMILES string of the molecule is CC1(C)c2ccccc2C2(c3ccccc3-c3ccc(Cl)cc32)c2ccccc21.CC1(C)c2ccccc2C2(c3ccccc3-c3ccc(N(c4ccc(-c5ccccc5)cc4)c4ccccc4-c4ccccc4)cc32)c2ccccc21.c1ccc(-c2ccc(Nc3ccccc3-c3ccccc3)cc2)cc1. The van der Waals surface area contributed by atoms with Crippen molar-refractivity contribution in [2.24, 2.45) is 0 Å². The number of nitrogens with zero attached hydrogens (tertiary/aromatic N) is 1. The Morgan fingerprint density at radius 2 is 0.533 bits per heavy atom. The molecule has 0 fully saturated rings. The molecule has 1 N–H and O–H groups in total. The molecular weight excluding hydrogens is 1310 g/mol. The molecule has 4 aliphatic carbocycles. The van der Waals surface area contributed by atoms with Crippen molar-refractivity contribution in [2.45, 2.75) is 49.4 Å². The molecule has 20 rings (SSSR count). The standard InChI is InChI=1S/C52H39N.C28H21Cl.C24H19N/c1-51(2)45-24-12-14-26-47(45)52(48-27-15-13-25-46(48)51)44-23-11-9-22-42(44)43-34-33-40(35-49(43)52)53(39-31-29-37(30-32-39)36-17-5-3-6-18-36)50-28-16-10-21-41(50)38-19-7-4-8-20-38;1-27(2)22-11-5-7-13-24(22)28(25-14-8-6-12-23(25)27)21-10-4-3-9-19(21)20-16-15-18(29)17-26(20)28;1-3-9-19(10-4-1)20-15-17-22(18-16-20)25-24-14-8-7-13-23(24)21-11-5-2-6-12-21/h3-35H,1-2H3;3-17H,1-2H3;1-18,25H. The summed E-state index contributed by atoms with van der Waals surface area (Å²) in [5, 5.41) is 4.34. The fourth-order valence-corrected chi connectivity index (χ4v) is 18.4. The number of hydrogen-bond donors (Lipinski definition) is 1. The second-order valence-electron chi connectivity index (χ2n) is 29.6. The van der Waals surface area contributed by atoms with Crippen LogP contribution in [0.1, 0.15) is 94.5 Å². The fraction of sp³-hybridized carbons (Fsp3) is 0.0769. The largest absolute Gasteiger partial charge is 0.355 e. The smallest absolute Gasteiger partial charge is 0.0720 e. The van der Waals surface area contributed by atoms with E-state index >= 15 is 0 Å².